The first-order valence-electron chi connectivity index (χ1n) is 6.03. The van der Waals surface area contributed by atoms with Crippen LogP contribution in [0.5, 0.6) is 0 Å². The summed E-state index contributed by atoms with van der Waals surface area (Å²) >= 11 is 3.05. The lowest BCUT2D eigenvalue weighted by Crippen LogP contribution is -2.05. The second kappa shape index (κ2) is 6.73. The van der Waals surface area contributed by atoms with E-state index in [4.69, 9.17) is 0 Å². The number of hydrazone groups is 1. The Hall–Kier alpha value is -2.49. The fourth-order valence-corrected chi connectivity index (χ4v) is 1.94. The van der Waals surface area contributed by atoms with E-state index in [1.807, 2.05) is 0 Å². The predicted molar refractivity (Wildman–Crippen MR) is 81.3 cm³/mol. The zero-order valence-electron chi connectivity index (χ0n) is 11.2. The van der Waals surface area contributed by atoms with Crippen LogP contribution in [-0.4, -0.2) is 16.1 Å². The molecule has 0 bridgehead atoms. The molecule has 0 aliphatic heterocycles. The zero-order chi connectivity index (χ0) is 17.0. The number of halogens is 4. The van der Waals surface area contributed by atoms with Crippen LogP contribution in [0, 0.1) is 10.1 Å². The van der Waals surface area contributed by atoms with E-state index in [2.05, 4.69) is 31.4 Å². The second-order valence-corrected chi connectivity index (χ2v) is 5.12. The lowest BCUT2D eigenvalue weighted by molar-refractivity contribution is -0.385. The quantitative estimate of drug-likeness (QED) is 0.483. The molecular weight excluding hydrogens is 381 g/mol. The standard InChI is InChI=1S/C13H8BrF3N4O2/c14-10-3-1-8(5-11(10)21(22)23)6-19-20-12-4-2-9(7-18-12)13(15,16)17/h1-7H,(H,18,20)/b19-6-. The van der Waals surface area contributed by atoms with Crippen LogP contribution in [0.3, 0.4) is 0 Å². The third-order valence-corrected chi connectivity index (χ3v) is 3.32. The van der Waals surface area contributed by atoms with Gasteiger partial charge in [0.05, 0.1) is 21.2 Å². The van der Waals surface area contributed by atoms with Crippen molar-refractivity contribution in [1.29, 1.82) is 0 Å². The number of nitro benzene ring substituents is 1. The van der Waals surface area contributed by atoms with Crippen molar-refractivity contribution in [1.82, 2.24) is 4.98 Å². The minimum absolute atomic E-state index is 0.112. The van der Waals surface area contributed by atoms with Gasteiger partial charge >= 0.3 is 6.18 Å². The zero-order valence-corrected chi connectivity index (χ0v) is 12.8. The number of hydrogen-bond donors (Lipinski definition) is 1. The molecule has 1 aromatic heterocycles. The Morgan fingerprint density at radius 3 is 2.61 bits per heavy atom. The van der Waals surface area contributed by atoms with E-state index in [9.17, 15) is 23.3 Å². The first-order chi connectivity index (χ1) is 10.8. The summed E-state index contributed by atoms with van der Waals surface area (Å²) in [5.74, 6) is 0.112. The fraction of sp³-hybridized carbons (Fsp3) is 0.0769. The molecule has 0 unspecified atom stereocenters. The molecule has 0 fully saturated rings. The van der Waals surface area contributed by atoms with Gasteiger partial charge in [-0.05, 0) is 34.1 Å². The number of nitro groups is 1. The van der Waals surface area contributed by atoms with Crippen LogP contribution in [0.15, 0.2) is 46.1 Å². The van der Waals surface area contributed by atoms with Gasteiger partial charge in [0.25, 0.3) is 5.69 Å². The second-order valence-electron chi connectivity index (χ2n) is 4.27. The predicted octanol–water partition coefficient (Wildman–Crippen LogP) is 4.22. The molecule has 0 saturated carbocycles. The molecule has 0 radical (unpaired) electrons. The first kappa shape index (κ1) is 16.9. The van der Waals surface area contributed by atoms with E-state index in [0.717, 1.165) is 12.1 Å². The summed E-state index contributed by atoms with van der Waals surface area (Å²) in [5.41, 5.74) is 1.90. The summed E-state index contributed by atoms with van der Waals surface area (Å²) < 4.78 is 37.5. The number of alkyl halides is 3. The Morgan fingerprint density at radius 2 is 2.04 bits per heavy atom. The summed E-state index contributed by atoms with van der Waals surface area (Å²) in [6.07, 6.45) is -2.48. The molecule has 1 heterocycles. The Bertz CT molecular complexity index is 748. The fourth-order valence-electron chi connectivity index (χ4n) is 1.55. The van der Waals surface area contributed by atoms with Gasteiger partial charge in [-0.25, -0.2) is 4.98 Å². The van der Waals surface area contributed by atoms with Gasteiger partial charge in [0.1, 0.15) is 5.82 Å². The molecule has 120 valence electrons. The number of pyridine rings is 1. The maximum Gasteiger partial charge on any atom is 0.417 e. The normalized spacial score (nSPS) is 11.7. The Morgan fingerprint density at radius 1 is 1.30 bits per heavy atom. The summed E-state index contributed by atoms with van der Waals surface area (Å²) in [6.45, 7) is 0. The van der Waals surface area contributed by atoms with Crippen molar-refractivity contribution < 1.29 is 18.1 Å². The van der Waals surface area contributed by atoms with Crippen molar-refractivity contribution >= 4 is 33.6 Å². The molecular formula is C13H8BrF3N4O2. The van der Waals surface area contributed by atoms with Gasteiger partial charge in [0, 0.05) is 17.8 Å². The highest BCUT2D eigenvalue weighted by atomic mass is 79.9. The van der Waals surface area contributed by atoms with Crippen molar-refractivity contribution in [2.24, 2.45) is 5.10 Å². The van der Waals surface area contributed by atoms with Crippen molar-refractivity contribution in [3.63, 3.8) is 0 Å². The van der Waals surface area contributed by atoms with E-state index in [-0.39, 0.29) is 11.5 Å². The molecule has 0 aliphatic rings. The van der Waals surface area contributed by atoms with Gasteiger partial charge in [0.2, 0.25) is 0 Å². The summed E-state index contributed by atoms with van der Waals surface area (Å²) in [6, 6.07) is 6.38. The number of aromatic nitrogens is 1. The molecule has 23 heavy (non-hydrogen) atoms. The summed E-state index contributed by atoms with van der Waals surface area (Å²) in [7, 11) is 0. The highest BCUT2D eigenvalue weighted by Crippen LogP contribution is 2.29. The SMILES string of the molecule is O=[N+]([O-])c1cc(/C=N\Nc2ccc(C(F)(F)F)cn2)ccc1Br. The highest BCUT2D eigenvalue weighted by Gasteiger charge is 2.30. The molecule has 0 atom stereocenters. The van der Waals surface area contributed by atoms with Crippen molar-refractivity contribution in [2.45, 2.75) is 6.18 Å². The van der Waals surface area contributed by atoms with Gasteiger partial charge in [0.15, 0.2) is 0 Å². The van der Waals surface area contributed by atoms with Gasteiger partial charge in [-0.15, -0.1) is 0 Å². The average Bonchev–Trinajstić information content (AvgIpc) is 2.48. The van der Waals surface area contributed by atoms with E-state index < -0.39 is 16.7 Å². The van der Waals surface area contributed by atoms with Crippen molar-refractivity contribution in [2.75, 3.05) is 5.43 Å². The molecule has 10 heteroatoms. The average molecular weight is 389 g/mol. The molecule has 1 aromatic carbocycles. The van der Waals surface area contributed by atoms with E-state index >= 15 is 0 Å². The Balaban J connectivity index is 2.07. The number of nitrogens with zero attached hydrogens (tertiary/aromatic N) is 3. The number of nitrogens with one attached hydrogen (secondary N) is 1. The molecule has 1 N–H and O–H groups in total. The van der Waals surface area contributed by atoms with Gasteiger partial charge in [-0.3, -0.25) is 15.5 Å². The molecule has 0 aliphatic carbocycles. The van der Waals surface area contributed by atoms with Crippen molar-refractivity contribution in [3.8, 4) is 0 Å². The van der Waals surface area contributed by atoms with E-state index in [0.29, 0.717) is 16.2 Å². The Labute approximate surface area is 136 Å². The van der Waals surface area contributed by atoms with Crippen LogP contribution in [0.4, 0.5) is 24.7 Å². The summed E-state index contributed by atoms with van der Waals surface area (Å²) in [5, 5.41) is 14.6. The molecule has 0 amide bonds. The van der Waals surface area contributed by atoms with Crippen LogP contribution in [-0.2, 0) is 6.18 Å². The molecule has 2 rings (SSSR count). The monoisotopic (exact) mass is 388 g/mol. The van der Waals surface area contributed by atoms with Crippen LogP contribution >= 0.6 is 15.9 Å². The van der Waals surface area contributed by atoms with Gasteiger partial charge < -0.3 is 0 Å². The van der Waals surface area contributed by atoms with Crippen LogP contribution < -0.4 is 5.43 Å². The minimum atomic E-state index is -4.45. The summed E-state index contributed by atoms with van der Waals surface area (Å²) in [4.78, 5) is 13.8. The number of rotatable bonds is 4. The largest absolute Gasteiger partial charge is 0.417 e. The number of benzene rings is 1. The van der Waals surface area contributed by atoms with Crippen LogP contribution in [0.1, 0.15) is 11.1 Å². The lowest BCUT2D eigenvalue weighted by atomic mass is 10.2. The maximum absolute atomic E-state index is 12.4. The smallest absolute Gasteiger partial charge is 0.261 e. The van der Waals surface area contributed by atoms with E-state index in [1.54, 1.807) is 6.07 Å². The van der Waals surface area contributed by atoms with Gasteiger partial charge in [-0.1, -0.05) is 6.07 Å². The van der Waals surface area contributed by atoms with Crippen LogP contribution in [0.2, 0.25) is 0 Å². The van der Waals surface area contributed by atoms with Gasteiger partial charge in [-0.2, -0.15) is 18.3 Å². The third-order valence-electron chi connectivity index (χ3n) is 2.65. The highest BCUT2D eigenvalue weighted by molar-refractivity contribution is 9.10. The lowest BCUT2D eigenvalue weighted by Gasteiger charge is -2.06. The maximum atomic E-state index is 12.4. The topological polar surface area (TPSA) is 80.4 Å². The van der Waals surface area contributed by atoms with Crippen LogP contribution in [0.25, 0.3) is 0 Å². The first-order valence-corrected chi connectivity index (χ1v) is 6.83. The molecule has 0 spiro atoms. The number of anilines is 1. The Kier molecular flexibility index (Phi) is 4.94. The molecule has 2 aromatic rings. The van der Waals surface area contributed by atoms with Crippen molar-refractivity contribution in [3.05, 3.63) is 62.2 Å². The molecule has 6 nitrogen and oxygen atoms in total. The molecule has 0 saturated heterocycles. The van der Waals surface area contributed by atoms with E-state index in [1.165, 1.54) is 18.3 Å². The minimum Gasteiger partial charge on any atom is -0.261 e. The third kappa shape index (κ3) is 4.49. The number of hydrogen-bond acceptors (Lipinski definition) is 5.